The summed E-state index contributed by atoms with van der Waals surface area (Å²) < 4.78 is 38.5. The van der Waals surface area contributed by atoms with E-state index in [0.717, 1.165) is 25.5 Å². The first-order valence-electron chi connectivity index (χ1n) is 9.90. The van der Waals surface area contributed by atoms with Crippen LogP contribution >= 0.6 is 0 Å². The van der Waals surface area contributed by atoms with E-state index in [2.05, 4.69) is 12.0 Å². The zero-order valence-electron chi connectivity index (χ0n) is 17.3. The number of halogens is 1. The van der Waals surface area contributed by atoms with Crippen molar-refractivity contribution >= 4 is 9.84 Å². The summed E-state index contributed by atoms with van der Waals surface area (Å²) in [7, 11) is -3.33. The summed E-state index contributed by atoms with van der Waals surface area (Å²) in [4.78, 5) is 13.6. The van der Waals surface area contributed by atoms with Gasteiger partial charge in [-0.25, -0.2) is 17.5 Å². The molecule has 1 heterocycles. The standard InChI is InChI=1S/C23H25FN2O3S/c1-4-5-6-16(2)26-23(27)22(18-7-11-19(24)12-8-18)21(15-25-26)17-9-13-20(14-10-17)30(3,28)29/h7-16H,4-6H2,1-3H3. The summed E-state index contributed by atoms with van der Waals surface area (Å²) in [5.41, 5.74) is 1.99. The smallest absolute Gasteiger partial charge is 0.267 e. The number of benzene rings is 2. The number of sulfone groups is 1. The molecule has 0 aliphatic heterocycles. The van der Waals surface area contributed by atoms with Gasteiger partial charge >= 0.3 is 0 Å². The van der Waals surface area contributed by atoms with Crippen molar-refractivity contribution in [1.29, 1.82) is 0 Å². The van der Waals surface area contributed by atoms with Crippen LogP contribution in [0.25, 0.3) is 22.3 Å². The maximum absolute atomic E-state index is 13.5. The molecule has 0 aliphatic carbocycles. The van der Waals surface area contributed by atoms with Crippen LogP contribution in [0.2, 0.25) is 0 Å². The van der Waals surface area contributed by atoms with Crippen LogP contribution in [0.15, 0.2) is 64.4 Å². The molecule has 2 aromatic carbocycles. The first kappa shape index (κ1) is 21.9. The zero-order chi connectivity index (χ0) is 21.9. The average molecular weight is 429 g/mol. The van der Waals surface area contributed by atoms with Crippen LogP contribution in [-0.2, 0) is 9.84 Å². The molecule has 0 spiro atoms. The van der Waals surface area contributed by atoms with Gasteiger partial charge in [0.1, 0.15) is 5.82 Å². The van der Waals surface area contributed by atoms with Crippen LogP contribution in [0.4, 0.5) is 4.39 Å². The second kappa shape index (κ2) is 8.92. The molecule has 1 atom stereocenters. The minimum Gasteiger partial charge on any atom is -0.267 e. The highest BCUT2D eigenvalue weighted by molar-refractivity contribution is 7.90. The summed E-state index contributed by atoms with van der Waals surface area (Å²) in [5, 5.41) is 4.39. The van der Waals surface area contributed by atoms with Gasteiger partial charge in [0.25, 0.3) is 5.56 Å². The van der Waals surface area contributed by atoms with E-state index < -0.39 is 9.84 Å². The summed E-state index contributed by atoms with van der Waals surface area (Å²) in [6, 6.07) is 12.0. The summed E-state index contributed by atoms with van der Waals surface area (Å²) in [6.07, 6.45) is 5.60. The van der Waals surface area contributed by atoms with Gasteiger partial charge in [0.15, 0.2) is 9.84 Å². The van der Waals surface area contributed by atoms with E-state index in [-0.39, 0.29) is 22.3 Å². The third-order valence-electron chi connectivity index (χ3n) is 5.12. The molecule has 0 aliphatic rings. The minimum atomic E-state index is -3.33. The van der Waals surface area contributed by atoms with Crippen molar-refractivity contribution in [3.8, 4) is 22.3 Å². The number of rotatable bonds is 7. The van der Waals surface area contributed by atoms with Gasteiger partial charge in [-0.2, -0.15) is 5.10 Å². The van der Waals surface area contributed by atoms with Gasteiger partial charge in [0, 0.05) is 11.8 Å². The molecule has 1 aromatic heterocycles. The van der Waals surface area contributed by atoms with Crippen LogP contribution in [0.1, 0.15) is 39.2 Å². The van der Waals surface area contributed by atoms with E-state index in [1.165, 1.54) is 28.9 Å². The first-order valence-corrected chi connectivity index (χ1v) is 11.8. The van der Waals surface area contributed by atoms with E-state index in [4.69, 9.17) is 0 Å². The van der Waals surface area contributed by atoms with Crippen molar-refractivity contribution in [2.45, 2.75) is 44.0 Å². The van der Waals surface area contributed by atoms with E-state index >= 15 is 0 Å². The van der Waals surface area contributed by atoms with Crippen LogP contribution in [0.3, 0.4) is 0 Å². The van der Waals surface area contributed by atoms with Crippen LogP contribution in [-0.4, -0.2) is 24.5 Å². The van der Waals surface area contributed by atoms with Crippen molar-refractivity contribution in [2.24, 2.45) is 0 Å². The Labute approximate surface area is 176 Å². The monoisotopic (exact) mass is 428 g/mol. The fourth-order valence-electron chi connectivity index (χ4n) is 3.40. The normalized spacial score (nSPS) is 12.7. The predicted octanol–water partition coefficient (Wildman–Crippen LogP) is 4.87. The molecule has 158 valence electrons. The Bertz CT molecular complexity index is 1180. The molecule has 1 unspecified atom stereocenters. The van der Waals surface area contributed by atoms with E-state index in [1.807, 2.05) is 6.92 Å². The number of hydrogen-bond acceptors (Lipinski definition) is 4. The molecular weight excluding hydrogens is 403 g/mol. The Balaban J connectivity index is 2.18. The SMILES string of the molecule is CCCCC(C)n1ncc(-c2ccc(S(C)(=O)=O)cc2)c(-c2ccc(F)cc2)c1=O. The van der Waals surface area contributed by atoms with Crippen molar-refractivity contribution < 1.29 is 12.8 Å². The Kier molecular flexibility index (Phi) is 6.51. The van der Waals surface area contributed by atoms with E-state index in [0.29, 0.717) is 22.3 Å². The second-order valence-corrected chi connectivity index (χ2v) is 9.49. The average Bonchev–Trinajstić information content (AvgIpc) is 2.72. The maximum atomic E-state index is 13.5. The molecule has 0 radical (unpaired) electrons. The Morgan fingerprint density at radius 2 is 1.63 bits per heavy atom. The molecule has 3 rings (SSSR count). The number of hydrogen-bond donors (Lipinski definition) is 0. The third-order valence-corrected chi connectivity index (χ3v) is 6.25. The van der Waals surface area contributed by atoms with Gasteiger partial charge in [-0.3, -0.25) is 4.79 Å². The van der Waals surface area contributed by atoms with E-state index in [1.54, 1.807) is 30.5 Å². The molecule has 0 N–H and O–H groups in total. The minimum absolute atomic E-state index is 0.0710. The first-order chi connectivity index (χ1) is 14.2. The molecule has 0 saturated heterocycles. The molecule has 3 aromatic rings. The van der Waals surface area contributed by atoms with Gasteiger partial charge in [0.05, 0.1) is 22.7 Å². The van der Waals surface area contributed by atoms with Crippen LogP contribution < -0.4 is 5.56 Å². The molecule has 0 bridgehead atoms. The highest BCUT2D eigenvalue weighted by atomic mass is 32.2. The third kappa shape index (κ3) is 4.67. The highest BCUT2D eigenvalue weighted by Crippen LogP contribution is 2.30. The lowest BCUT2D eigenvalue weighted by molar-refractivity contribution is 0.426. The number of aromatic nitrogens is 2. The van der Waals surface area contributed by atoms with Gasteiger partial charge < -0.3 is 0 Å². The van der Waals surface area contributed by atoms with Gasteiger partial charge in [-0.05, 0) is 48.7 Å². The van der Waals surface area contributed by atoms with Gasteiger partial charge in [-0.15, -0.1) is 0 Å². The van der Waals surface area contributed by atoms with Gasteiger partial charge in [-0.1, -0.05) is 44.0 Å². The molecule has 0 fully saturated rings. The summed E-state index contributed by atoms with van der Waals surface area (Å²) in [6.45, 7) is 4.05. The molecule has 7 heteroatoms. The molecule has 30 heavy (non-hydrogen) atoms. The van der Waals surface area contributed by atoms with Crippen molar-refractivity contribution in [1.82, 2.24) is 9.78 Å². The number of unbranched alkanes of at least 4 members (excludes halogenated alkanes) is 1. The fourth-order valence-corrected chi connectivity index (χ4v) is 4.03. The van der Waals surface area contributed by atoms with Crippen LogP contribution in [0, 0.1) is 5.82 Å². The molecule has 0 amide bonds. The summed E-state index contributed by atoms with van der Waals surface area (Å²) >= 11 is 0. The molecule has 0 saturated carbocycles. The van der Waals surface area contributed by atoms with E-state index in [9.17, 15) is 17.6 Å². The zero-order valence-corrected chi connectivity index (χ0v) is 18.1. The lowest BCUT2D eigenvalue weighted by atomic mass is 9.97. The lowest BCUT2D eigenvalue weighted by Gasteiger charge is -2.17. The van der Waals surface area contributed by atoms with Crippen molar-refractivity contribution in [2.75, 3.05) is 6.26 Å². The molecular formula is C23H25FN2O3S. The Hall–Kier alpha value is -2.80. The van der Waals surface area contributed by atoms with Crippen LogP contribution in [0.5, 0.6) is 0 Å². The predicted molar refractivity (Wildman–Crippen MR) is 117 cm³/mol. The largest absolute Gasteiger partial charge is 0.275 e. The quantitative estimate of drug-likeness (QED) is 0.538. The van der Waals surface area contributed by atoms with Crippen molar-refractivity contribution in [3.63, 3.8) is 0 Å². The topological polar surface area (TPSA) is 69.0 Å². The Morgan fingerprint density at radius 3 is 2.20 bits per heavy atom. The fraction of sp³-hybridized carbons (Fsp3) is 0.304. The Morgan fingerprint density at radius 1 is 1.03 bits per heavy atom. The maximum Gasteiger partial charge on any atom is 0.275 e. The number of nitrogens with zero attached hydrogens (tertiary/aromatic N) is 2. The second-order valence-electron chi connectivity index (χ2n) is 7.48. The molecule has 5 nitrogen and oxygen atoms in total. The highest BCUT2D eigenvalue weighted by Gasteiger charge is 2.18. The summed E-state index contributed by atoms with van der Waals surface area (Å²) in [5.74, 6) is -0.386. The lowest BCUT2D eigenvalue weighted by Crippen LogP contribution is -2.27. The van der Waals surface area contributed by atoms with Crippen molar-refractivity contribution in [3.05, 3.63) is 70.9 Å². The van der Waals surface area contributed by atoms with Gasteiger partial charge in [0.2, 0.25) is 0 Å².